The van der Waals surface area contributed by atoms with Gasteiger partial charge in [0.1, 0.15) is 5.60 Å². The number of amides is 1. The van der Waals surface area contributed by atoms with Crippen molar-refractivity contribution in [3.63, 3.8) is 0 Å². The van der Waals surface area contributed by atoms with E-state index in [2.05, 4.69) is 33.9 Å². The standard InChI is InChI=1S/C18H37NO6SSi/c1-13(24-26(8,21)22)15-14(25-27(9,10)18(5,6)7)11-12-19(15)16(20)23-17(2,3)4/h13-15H,11-12H2,1-10H3/t13-,14+,15-/m1/s1. The Morgan fingerprint density at radius 2 is 1.67 bits per heavy atom. The monoisotopic (exact) mass is 423 g/mol. The lowest BCUT2D eigenvalue weighted by atomic mass is 10.1. The van der Waals surface area contributed by atoms with Gasteiger partial charge >= 0.3 is 6.09 Å². The smallest absolute Gasteiger partial charge is 0.410 e. The van der Waals surface area contributed by atoms with Crippen LogP contribution in [0.2, 0.25) is 18.1 Å². The summed E-state index contributed by atoms with van der Waals surface area (Å²) in [5.74, 6) is 0. The molecule has 0 aromatic carbocycles. The van der Waals surface area contributed by atoms with Crippen molar-refractivity contribution in [3.8, 4) is 0 Å². The van der Waals surface area contributed by atoms with Crippen molar-refractivity contribution < 1.29 is 26.6 Å². The van der Waals surface area contributed by atoms with Gasteiger partial charge in [0.25, 0.3) is 10.1 Å². The van der Waals surface area contributed by atoms with E-state index in [4.69, 9.17) is 13.3 Å². The summed E-state index contributed by atoms with van der Waals surface area (Å²) < 4.78 is 40.6. The Bertz CT molecular complexity index is 635. The van der Waals surface area contributed by atoms with E-state index < -0.39 is 42.3 Å². The van der Waals surface area contributed by atoms with E-state index in [0.29, 0.717) is 13.0 Å². The highest BCUT2D eigenvalue weighted by Gasteiger charge is 2.48. The molecule has 1 fully saturated rings. The first kappa shape index (κ1) is 24.4. The summed E-state index contributed by atoms with van der Waals surface area (Å²) in [7, 11) is -5.77. The fourth-order valence-electron chi connectivity index (χ4n) is 2.89. The molecule has 1 saturated heterocycles. The van der Waals surface area contributed by atoms with E-state index in [9.17, 15) is 13.2 Å². The van der Waals surface area contributed by atoms with Gasteiger partial charge in [0.2, 0.25) is 0 Å². The Morgan fingerprint density at radius 1 is 1.15 bits per heavy atom. The maximum absolute atomic E-state index is 12.7. The van der Waals surface area contributed by atoms with Crippen LogP contribution in [0.5, 0.6) is 0 Å². The maximum atomic E-state index is 12.7. The van der Waals surface area contributed by atoms with Crippen LogP contribution in [0.15, 0.2) is 0 Å². The van der Waals surface area contributed by atoms with E-state index in [1.807, 2.05) is 0 Å². The molecule has 0 radical (unpaired) electrons. The van der Waals surface area contributed by atoms with Crippen LogP contribution >= 0.6 is 0 Å². The van der Waals surface area contributed by atoms with Gasteiger partial charge in [0, 0.05) is 6.54 Å². The Labute approximate surface area is 166 Å². The van der Waals surface area contributed by atoms with Crippen molar-refractivity contribution in [2.24, 2.45) is 0 Å². The highest BCUT2D eigenvalue weighted by atomic mass is 32.2. The molecular formula is C18H37NO6SSi. The van der Waals surface area contributed by atoms with Crippen molar-refractivity contribution in [1.82, 2.24) is 4.90 Å². The van der Waals surface area contributed by atoms with Crippen molar-refractivity contribution >= 4 is 24.5 Å². The minimum absolute atomic E-state index is 0.00217. The molecule has 0 N–H and O–H groups in total. The summed E-state index contributed by atoms with van der Waals surface area (Å²) >= 11 is 0. The molecule has 0 aromatic rings. The molecular weight excluding hydrogens is 386 g/mol. The number of ether oxygens (including phenoxy) is 1. The number of hydrogen-bond donors (Lipinski definition) is 0. The molecule has 0 spiro atoms. The van der Waals surface area contributed by atoms with Crippen LogP contribution in [0.4, 0.5) is 4.79 Å². The number of carbonyl (C=O) groups excluding carboxylic acids is 1. The van der Waals surface area contributed by atoms with Crippen LogP contribution in [0.3, 0.4) is 0 Å². The summed E-state index contributed by atoms with van der Waals surface area (Å²) in [5.41, 5.74) is -0.638. The van der Waals surface area contributed by atoms with E-state index in [1.54, 1.807) is 32.6 Å². The zero-order valence-electron chi connectivity index (χ0n) is 18.5. The van der Waals surface area contributed by atoms with Crippen LogP contribution in [-0.2, 0) is 23.5 Å². The summed E-state index contributed by atoms with van der Waals surface area (Å²) in [6.45, 7) is 18.2. The molecule has 0 aliphatic carbocycles. The van der Waals surface area contributed by atoms with Crippen LogP contribution in [-0.4, -0.2) is 64.4 Å². The average Bonchev–Trinajstić information content (AvgIpc) is 2.76. The molecule has 1 rings (SSSR count). The van der Waals surface area contributed by atoms with Crippen LogP contribution in [0, 0.1) is 0 Å². The molecule has 1 aliphatic rings. The van der Waals surface area contributed by atoms with Gasteiger partial charge in [-0.1, -0.05) is 20.8 Å². The SMILES string of the molecule is C[C@@H](OS(C)(=O)=O)[C@@H]1[C@@H](O[Si](C)(C)C(C)(C)C)CCN1C(=O)OC(C)(C)C. The van der Waals surface area contributed by atoms with Crippen LogP contribution in [0.1, 0.15) is 54.9 Å². The molecule has 0 saturated carbocycles. The number of nitrogens with zero attached hydrogens (tertiary/aromatic N) is 1. The topological polar surface area (TPSA) is 82.1 Å². The first-order chi connectivity index (χ1) is 11.8. The molecule has 3 atom stereocenters. The van der Waals surface area contributed by atoms with E-state index >= 15 is 0 Å². The summed E-state index contributed by atoms with van der Waals surface area (Å²) in [6.07, 6.45) is 0.131. The molecule has 0 unspecified atom stereocenters. The minimum Gasteiger partial charge on any atom is -0.444 e. The van der Waals surface area contributed by atoms with Gasteiger partial charge in [-0.15, -0.1) is 0 Å². The highest BCUT2D eigenvalue weighted by Crippen LogP contribution is 2.40. The fourth-order valence-corrected chi connectivity index (χ4v) is 4.93. The van der Waals surface area contributed by atoms with Gasteiger partial charge in [0.05, 0.1) is 24.5 Å². The van der Waals surface area contributed by atoms with Crippen molar-refractivity contribution in [2.75, 3.05) is 12.8 Å². The Hall–Kier alpha value is -0.643. The Kier molecular flexibility index (Phi) is 7.23. The zero-order valence-corrected chi connectivity index (χ0v) is 20.3. The van der Waals surface area contributed by atoms with E-state index in [0.717, 1.165) is 6.26 Å². The van der Waals surface area contributed by atoms with Gasteiger partial charge in [0.15, 0.2) is 8.32 Å². The largest absolute Gasteiger partial charge is 0.444 e. The summed E-state index contributed by atoms with van der Waals surface area (Å²) in [5, 5.41) is -0.00217. The maximum Gasteiger partial charge on any atom is 0.410 e. The Balaban J connectivity index is 3.14. The quantitative estimate of drug-likeness (QED) is 0.495. The first-order valence-corrected chi connectivity index (χ1v) is 14.1. The second-order valence-corrected chi connectivity index (χ2v) is 16.2. The fraction of sp³-hybridized carbons (Fsp3) is 0.944. The third-order valence-electron chi connectivity index (χ3n) is 5.08. The Morgan fingerprint density at radius 3 is 2.07 bits per heavy atom. The molecule has 0 bridgehead atoms. The highest BCUT2D eigenvalue weighted by molar-refractivity contribution is 7.86. The zero-order chi connectivity index (χ0) is 21.4. The van der Waals surface area contributed by atoms with Crippen LogP contribution < -0.4 is 0 Å². The van der Waals surface area contributed by atoms with Gasteiger partial charge in [-0.2, -0.15) is 8.42 Å². The molecule has 0 aromatic heterocycles. The lowest BCUT2D eigenvalue weighted by Crippen LogP contribution is -2.53. The molecule has 27 heavy (non-hydrogen) atoms. The van der Waals surface area contributed by atoms with E-state index in [-0.39, 0.29) is 11.1 Å². The number of hydrogen-bond acceptors (Lipinski definition) is 6. The number of carbonyl (C=O) groups is 1. The summed E-state index contributed by atoms with van der Waals surface area (Å²) in [4.78, 5) is 14.3. The molecule has 1 heterocycles. The molecule has 1 aliphatic heterocycles. The average molecular weight is 424 g/mol. The molecule has 1 amide bonds. The predicted octanol–water partition coefficient (Wildman–Crippen LogP) is 3.75. The van der Waals surface area contributed by atoms with Gasteiger partial charge in [-0.3, -0.25) is 9.08 Å². The third kappa shape index (κ3) is 7.03. The normalized spacial score (nSPS) is 23.4. The first-order valence-electron chi connectivity index (χ1n) is 9.40. The number of rotatable bonds is 5. The molecule has 7 nitrogen and oxygen atoms in total. The second kappa shape index (κ2) is 8.00. The lowest BCUT2D eigenvalue weighted by Gasteiger charge is -2.41. The van der Waals surface area contributed by atoms with Crippen molar-refractivity contribution in [2.45, 2.75) is 96.9 Å². The summed E-state index contributed by atoms with van der Waals surface area (Å²) in [6, 6.07) is -0.524. The van der Waals surface area contributed by atoms with Crippen molar-refractivity contribution in [1.29, 1.82) is 0 Å². The second-order valence-electron chi connectivity index (χ2n) is 9.88. The third-order valence-corrected chi connectivity index (χ3v) is 10.2. The van der Waals surface area contributed by atoms with Crippen LogP contribution in [0.25, 0.3) is 0 Å². The minimum atomic E-state index is -3.66. The number of likely N-dealkylation sites (tertiary alicyclic amines) is 1. The molecule has 160 valence electrons. The molecule has 9 heteroatoms. The van der Waals surface area contributed by atoms with Gasteiger partial charge in [-0.05, 0) is 52.2 Å². The predicted molar refractivity (Wildman–Crippen MR) is 109 cm³/mol. The van der Waals surface area contributed by atoms with E-state index in [1.165, 1.54) is 0 Å². The van der Waals surface area contributed by atoms with Gasteiger partial charge < -0.3 is 9.16 Å². The van der Waals surface area contributed by atoms with Crippen molar-refractivity contribution in [3.05, 3.63) is 0 Å². The van der Waals surface area contributed by atoms with Gasteiger partial charge in [-0.25, -0.2) is 4.79 Å². The lowest BCUT2D eigenvalue weighted by molar-refractivity contribution is -0.00203.